The van der Waals surface area contributed by atoms with Crippen LogP contribution < -0.4 is 4.72 Å². The number of nitrogens with one attached hydrogen (secondary N) is 1. The topological polar surface area (TPSA) is 114 Å². The van der Waals surface area contributed by atoms with Gasteiger partial charge in [0.25, 0.3) is 0 Å². The molecule has 9 nitrogen and oxygen atoms in total. The summed E-state index contributed by atoms with van der Waals surface area (Å²) in [5.41, 5.74) is 2.24. The Morgan fingerprint density at radius 3 is 2.52 bits per heavy atom. The van der Waals surface area contributed by atoms with E-state index in [-0.39, 0.29) is 17.3 Å². The van der Waals surface area contributed by atoms with E-state index in [9.17, 15) is 21.6 Å². The first-order valence-electron chi connectivity index (χ1n) is 9.99. The van der Waals surface area contributed by atoms with Gasteiger partial charge in [0.2, 0.25) is 10.0 Å². The molecule has 1 aromatic heterocycles. The molecule has 1 saturated carbocycles. The lowest BCUT2D eigenvalue weighted by Gasteiger charge is -2.20. The van der Waals surface area contributed by atoms with Crippen LogP contribution in [-0.4, -0.2) is 77.9 Å². The number of sulfonamides is 1. The molecule has 0 radical (unpaired) electrons. The molecule has 0 spiro atoms. The zero-order valence-corrected chi connectivity index (χ0v) is 18.1. The summed E-state index contributed by atoms with van der Waals surface area (Å²) in [6.45, 7) is 5.94. The van der Waals surface area contributed by atoms with Gasteiger partial charge < -0.3 is 9.84 Å². The molecular weight excluding hydrogens is 441 g/mol. The highest BCUT2D eigenvalue weighted by Crippen LogP contribution is 2.35. The van der Waals surface area contributed by atoms with E-state index >= 15 is 0 Å². The number of likely N-dealkylation sites (tertiary alicyclic amines) is 1. The summed E-state index contributed by atoms with van der Waals surface area (Å²) in [6.07, 6.45) is -3.24. The van der Waals surface area contributed by atoms with Gasteiger partial charge in [-0.3, -0.25) is 9.58 Å². The van der Waals surface area contributed by atoms with Crippen molar-refractivity contribution in [1.29, 1.82) is 0 Å². The van der Waals surface area contributed by atoms with Crippen molar-refractivity contribution in [3.05, 3.63) is 17.5 Å². The Hall–Kier alpha value is -1.70. The minimum atomic E-state index is -5.08. The normalized spacial score (nSPS) is 26.4. The molecule has 0 bridgehead atoms. The van der Waals surface area contributed by atoms with Crippen molar-refractivity contribution < 1.29 is 36.2 Å². The van der Waals surface area contributed by atoms with Gasteiger partial charge in [0.05, 0.1) is 29.3 Å². The maximum Gasteiger partial charge on any atom is 0.490 e. The largest absolute Gasteiger partial charge is 0.490 e. The van der Waals surface area contributed by atoms with Gasteiger partial charge in [-0.05, 0) is 25.8 Å². The predicted octanol–water partition coefficient (Wildman–Crippen LogP) is 0.890. The summed E-state index contributed by atoms with van der Waals surface area (Å²) in [5, 5.41) is 11.4. The van der Waals surface area contributed by atoms with Gasteiger partial charge in [-0.15, -0.1) is 0 Å². The molecule has 0 aromatic carbocycles. The molecule has 2 N–H and O–H groups in total. The maximum atomic E-state index is 12.0. The number of fused-ring (bicyclic) bond motifs is 1. The van der Waals surface area contributed by atoms with Crippen molar-refractivity contribution in [2.24, 2.45) is 18.9 Å². The van der Waals surface area contributed by atoms with Crippen molar-refractivity contribution in [2.75, 3.05) is 26.2 Å². The monoisotopic (exact) mass is 468 g/mol. The molecule has 1 aliphatic carbocycles. The van der Waals surface area contributed by atoms with Crippen molar-refractivity contribution in [3.8, 4) is 0 Å². The number of carbonyl (C=O) groups is 1. The molecule has 31 heavy (non-hydrogen) atoms. The van der Waals surface area contributed by atoms with Crippen LogP contribution >= 0.6 is 0 Å². The quantitative estimate of drug-likeness (QED) is 0.637. The summed E-state index contributed by atoms with van der Waals surface area (Å²) < 4.78 is 66.4. The Labute approximate surface area is 178 Å². The lowest BCUT2D eigenvalue weighted by Crippen LogP contribution is -2.35. The molecule has 0 unspecified atom stereocenters. The van der Waals surface area contributed by atoms with Crippen molar-refractivity contribution in [3.63, 3.8) is 0 Å². The van der Waals surface area contributed by atoms with Crippen LogP contribution in [0.25, 0.3) is 0 Å². The van der Waals surface area contributed by atoms with Gasteiger partial charge in [0.1, 0.15) is 0 Å². The highest BCUT2D eigenvalue weighted by atomic mass is 32.2. The molecule has 3 aliphatic rings. The number of aryl methyl sites for hydroxylation is 2. The van der Waals surface area contributed by atoms with Crippen LogP contribution in [0.2, 0.25) is 0 Å². The summed E-state index contributed by atoms with van der Waals surface area (Å²) in [6, 6.07) is 2.12. The number of alkyl halides is 3. The molecule has 13 heteroatoms. The van der Waals surface area contributed by atoms with Gasteiger partial charge in [0.15, 0.2) is 0 Å². The van der Waals surface area contributed by atoms with Gasteiger partial charge >= 0.3 is 12.1 Å². The van der Waals surface area contributed by atoms with E-state index in [2.05, 4.69) is 20.8 Å². The second-order valence-corrected chi connectivity index (χ2v) is 10.3. The van der Waals surface area contributed by atoms with Crippen LogP contribution in [0.1, 0.15) is 24.2 Å². The fourth-order valence-electron chi connectivity index (χ4n) is 3.98. The summed E-state index contributed by atoms with van der Waals surface area (Å²) in [5.74, 6) is -2.06. The molecular formula is C18H27F3N4O5S. The van der Waals surface area contributed by atoms with Crippen LogP contribution in [0.4, 0.5) is 13.2 Å². The minimum absolute atomic E-state index is 0.149. The number of aromatic nitrogens is 2. The summed E-state index contributed by atoms with van der Waals surface area (Å²) in [4.78, 5) is 11.3. The predicted molar refractivity (Wildman–Crippen MR) is 104 cm³/mol. The average Bonchev–Trinajstić information content (AvgIpc) is 3.25. The van der Waals surface area contributed by atoms with Crippen LogP contribution in [0.15, 0.2) is 6.07 Å². The Morgan fingerprint density at radius 2 is 2.00 bits per heavy atom. The minimum Gasteiger partial charge on any atom is -0.475 e. The molecule has 176 valence electrons. The first-order valence-corrected chi connectivity index (χ1v) is 11.5. The summed E-state index contributed by atoms with van der Waals surface area (Å²) in [7, 11) is -1.12. The Bertz CT molecular complexity index is 900. The van der Waals surface area contributed by atoms with Crippen molar-refractivity contribution >= 4 is 16.0 Å². The highest BCUT2D eigenvalue weighted by Gasteiger charge is 2.45. The van der Waals surface area contributed by atoms with Gasteiger partial charge in [-0.1, -0.05) is 0 Å². The second-order valence-electron chi connectivity index (χ2n) is 8.29. The molecule has 4 rings (SSSR count). The van der Waals surface area contributed by atoms with Crippen molar-refractivity contribution in [2.45, 2.75) is 43.8 Å². The standard InChI is InChI=1S/C16H26N4O3S.C2HF3O2/c1-11-5-13(19(2)18-11)7-20-8-15-12(10-23-16(15)9-20)6-17-24(21,22)14-3-4-14;3-2(4,5)1(6)7/h5,12,14-17H,3-4,6-10H2,1-2H3;(H,6,7)/t12-,15+,16+;/m0./s1. The van der Waals surface area contributed by atoms with E-state index in [0.29, 0.717) is 19.1 Å². The lowest BCUT2D eigenvalue weighted by molar-refractivity contribution is -0.192. The third kappa shape index (κ3) is 6.18. The third-order valence-electron chi connectivity index (χ3n) is 5.75. The molecule has 3 fully saturated rings. The zero-order valence-electron chi connectivity index (χ0n) is 17.3. The van der Waals surface area contributed by atoms with E-state index < -0.39 is 22.2 Å². The van der Waals surface area contributed by atoms with Gasteiger partial charge in [-0.2, -0.15) is 18.3 Å². The summed E-state index contributed by atoms with van der Waals surface area (Å²) >= 11 is 0. The maximum absolute atomic E-state index is 12.0. The number of carboxylic acids is 1. The van der Waals surface area contributed by atoms with E-state index in [1.807, 2.05) is 18.7 Å². The van der Waals surface area contributed by atoms with E-state index in [4.69, 9.17) is 14.6 Å². The number of aliphatic carboxylic acids is 1. The number of halogens is 3. The Morgan fingerprint density at radius 1 is 1.35 bits per heavy atom. The Balaban J connectivity index is 0.000000339. The fourth-order valence-corrected chi connectivity index (χ4v) is 5.42. The molecule has 2 saturated heterocycles. The van der Waals surface area contributed by atoms with Crippen LogP contribution in [0, 0.1) is 18.8 Å². The number of carboxylic acid groups (broad SMARTS) is 1. The molecule has 0 amide bonds. The van der Waals surface area contributed by atoms with Crippen LogP contribution in [-0.2, 0) is 33.1 Å². The third-order valence-corrected chi connectivity index (χ3v) is 7.67. The zero-order chi connectivity index (χ0) is 23.0. The highest BCUT2D eigenvalue weighted by molar-refractivity contribution is 7.90. The fraction of sp³-hybridized carbons (Fsp3) is 0.778. The van der Waals surface area contributed by atoms with E-state index in [0.717, 1.165) is 38.2 Å². The van der Waals surface area contributed by atoms with Gasteiger partial charge in [-0.25, -0.2) is 17.9 Å². The SMILES string of the molecule is Cc1cc(CN2C[C@@H]3[C@@H](CNS(=O)(=O)C4CC4)CO[C@@H]3C2)n(C)n1.O=C(O)C(F)(F)F. The number of hydrogen-bond acceptors (Lipinski definition) is 6. The van der Waals surface area contributed by atoms with Crippen LogP contribution in [0.5, 0.6) is 0 Å². The first kappa shape index (κ1) is 24.0. The smallest absolute Gasteiger partial charge is 0.475 e. The molecule has 2 aliphatic heterocycles. The number of nitrogens with zero attached hydrogens (tertiary/aromatic N) is 3. The van der Waals surface area contributed by atoms with E-state index in [1.165, 1.54) is 5.69 Å². The molecule has 3 atom stereocenters. The number of hydrogen-bond donors (Lipinski definition) is 2. The molecule has 3 heterocycles. The number of ether oxygens (including phenoxy) is 1. The van der Waals surface area contributed by atoms with Gasteiger partial charge in [0, 0.05) is 45.1 Å². The second kappa shape index (κ2) is 9.04. The number of rotatable bonds is 6. The first-order chi connectivity index (χ1) is 14.4. The van der Waals surface area contributed by atoms with E-state index in [1.54, 1.807) is 0 Å². The Kier molecular flexibility index (Phi) is 6.99. The van der Waals surface area contributed by atoms with Crippen LogP contribution in [0.3, 0.4) is 0 Å². The van der Waals surface area contributed by atoms with Crippen molar-refractivity contribution in [1.82, 2.24) is 19.4 Å². The molecule has 1 aromatic rings. The average molecular weight is 468 g/mol. The lowest BCUT2D eigenvalue weighted by atomic mass is 9.93.